The second-order valence-corrected chi connectivity index (χ2v) is 3.28. The lowest BCUT2D eigenvalue weighted by atomic mass is 10.1. The van der Waals surface area contributed by atoms with Gasteiger partial charge in [0.15, 0.2) is 0 Å². The molecule has 0 radical (unpaired) electrons. The first-order valence-corrected chi connectivity index (χ1v) is 4.83. The molecular formula is C10H15NO3. The van der Waals surface area contributed by atoms with E-state index >= 15 is 0 Å². The molecule has 0 unspecified atom stereocenters. The van der Waals surface area contributed by atoms with Crippen LogP contribution in [-0.2, 0) is 9.53 Å². The number of carbonyl (C=O) groups is 2. The van der Waals surface area contributed by atoms with E-state index in [9.17, 15) is 9.59 Å². The number of unbranched alkanes of at least 4 members (excludes halogenated alkanes) is 1. The zero-order valence-corrected chi connectivity index (χ0v) is 8.41. The van der Waals surface area contributed by atoms with Gasteiger partial charge in [-0.3, -0.25) is 4.79 Å². The van der Waals surface area contributed by atoms with Crippen LogP contribution in [0.4, 0.5) is 4.79 Å². The molecular weight excluding hydrogens is 182 g/mol. The van der Waals surface area contributed by atoms with Crippen molar-refractivity contribution in [2.75, 3.05) is 13.2 Å². The topological polar surface area (TPSA) is 46.6 Å². The quantitative estimate of drug-likeness (QED) is 0.644. The lowest BCUT2D eigenvalue weighted by Crippen LogP contribution is -2.32. The number of hydrogen-bond donors (Lipinski definition) is 0. The van der Waals surface area contributed by atoms with E-state index in [0.29, 0.717) is 25.1 Å². The minimum Gasteiger partial charge on any atom is -0.447 e. The molecule has 4 heteroatoms. The largest absolute Gasteiger partial charge is 0.447 e. The Balaban J connectivity index is 2.47. The number of hydrogen-bond acceptors (Lipinski definition) is 3. The molecule has 1 aliphatic heterocycles. The van der Waals surface area contributed by atoms with Gasteiger partial charge in [0.05, 0.1) is 6.54 Å². The Morgan fingerprint density at radius 2 is 2.36 bits per heavy atom. The molecule has 0 aliphatic carbocycles. The van der Waals surface area contributed by atoms with E-state index in [1.807, 2.05) is 6.92 Å². The minimum atomic E-state index is -0.548. The van der Waals surface area contributed by atoms with Gasteiger partial charge in [0, 0.05) is 5.57 Å². The average Bonchev–Trinajstić information content (AvgIpc) is 2.59. The van der Waals surface area contributed by atoms with Gasteiger partial charge in [0.25, 0.3) is 5.91 Å². The summed E-state index contributed by atoms with van der Waals surface area (Å²) in [4.78, 5) is 23.7. The summed E-state index contributed by atoms with van der Waals surface area (Å²) in [6.07, 6.45) is 2.04. The smallest absolute Gasteiger partial charge is 0.416 e. The van der Waals surface area contributed by atoms with Crippen molar-refractivity contribution >= 4 is 12.0 Å². The SMILES string of the molecule is C=C(CCCC)C(=O)N1CCOC1=O. The predicted octanol–water partition coefficient (Wildman–Crippen LogP) is 1.71. The van der Waals surface area contributed by atoms with Crippen molar-refractivity contribution in [2.24, 2.45) is 0 Å². The van der Waals surface area contributed by atoms with Crippen molar-refractivity contribution in [3.63, 3.8) is 0 Å². The molecule has 2 amide bonds. The van der Waals surface area contributed by atoms with Gasteiger partial charge in [-0.15, -0.1) is 0 Å². The Morgan fingerprint density at radius 3 is 2.86 bits per heavy atom. The number of amides is 2. The molecule has 1 heterocycles. The first kappa shape index (κ1) is 10.8. The molecule has 0 aromatic heterocycles. The third-order valence-corrected chi connectivity index (χ3v) is 2.14. The molecule has 0 spiro atoms. The van der Waals surface area contributed by atoms with Gasteiger partial charge < -0.3 is 4.74 Å². The molecule has 1 rings (SSSR count). The van der Waals surface area contributed by atoms with Crippen molar-refractivity contribution in [2.45, 2.75) is 26.2 Å². The minimum absolute atomic E-state index is 0.291. The lowest BCUT2D eigenvalue weighted by molar-refractivity contribution is -0.124. The van der Waals surface area contributed by atoms with Gasteiger partial charge in [-0.1, -0.05) is 19.9 Å². The van der Waals surface area contributed by atoms with E-state index in [1.165, 1.54) is 0 Å². The second-order valence-electron chi connectivity index (χ2n) is 3.28. The van der Waals surface area contributed by atoms with Crippen molar-refractivity contribution in [1.82, 2.24) is 4.90 Å². The fourth-order valence-corrected chi connectivity index (χ4v) is 1.27. The normalized spacial score (nSPS) is 15.5. The van der Waals surface area contributed by atoms with Crippen LogP contribution in [0.5, 0.6) is 0 Å². The molecule has 0 bridgehead atoms. The van der Waals surface area contributed by atoms with Gasteiger partial charge in [-0.05, 0) is 12.8 Å². The predicted molar refractivity (Wildman–Crippen MR) is 51.7 cm³/mol. The number of ether oxygens (including phenoxy) is 1. The van der Waals surface area contributed by atoms with Crippen LogP contribution >= 0.6 is 0 Å². The third-order valence-electron chi connectivity index (χ3n) is 2.14. The first-order valence-electron chi connectivity index (χ1n) is 4.83. The molecule has 1 fully saturated rings. The Morgan fingerprint density at radius 1 is 1.64 bits per heavy atom. The molecule has 4 nitrogen and oxygen atoms in total. The monoisotopic (exact) mass is 197 g/mol. The molecule has 1 saturated heterocycles. The van der Waals surface area contributed by atoms with Crippen LogP contribution in [0.1, 0.15) is 26.2 Å². The van der Waals surface area contributed by atoms with E-state index < -0.39 is 6.09 Å². The highest BCUT2D eigenvalue weighted by Gasteiger charge is 2.29. The van der Waals surface area contributed by atoms with Gasteiger partial charge in [0.2, 0.25) is 0 Å². The molecule has 14 heavy (non-hydrogen) atoms. The Labute approximate surface area is 83.5 Å². The fourth-order valence-electron chi connectivity index (χ4n) is 1.27. The number of rotatable bonds is 4. The van der Waals surface area contributed by atoms with Crippen LogP contribution in [0.25, 0.3) is 0 Å². The van der Waals surface area contributed by atoms with Crippen LogP contribution in [0.2, 0.25) is 0 Å². The van der Waals surface area contributed by atoms with Gasteiger partial charge in [-0.25, -0.2) is 9.69 Å². The number of imide groups is 1. The summed E-state index contributed by atoms with van der Waals surface area (Å²) < 4.78 is 4.67. The maximum atomic E-state index is 11.6. The summed E-state index contributed by atoms with van der Waals surface area (Å²) in [6, 6.07) is 0. The molecule has 0 aromatic carbocycles. The standard InChI is InChI=1S/C10H15NO3/c1-3-4-5-8(2)9(12)11-6-7-14-10(11)13/h2-7H2,1H3. The second kappa shape index (κ2) is 4.79. The third kappa shape index (κ3) is 2.34. The van der Waals surface area contributed by atoms with Crippen LogP contribution in [0.15, 0.2) is 12.2 Å². The highest BCUT2D eigenvalue weighted by molar-refractivity contribution is 6.02. The number of nitrogens with zero attached hydrogens (tertiary/aromatic N) is 1. The first-order chi connectivity index (χ1) is 6.66. The van der Waals surface area contributed by atoms with E-state index in [-0.39, 0.29) is 5.91 Å². The molecule has 0 aromatic rings. The Hall–Kier alpha value is -1.32. The molecule has 1 aliphatic rings. The zero-order valence-electron chi connectivity index (χ0n) is 8.41. The van der Waals surface area contributed by atoms with E-state index in [4.69, 9.17) is 0 Å². The summed E-state index contributed by atoms with van der Waals surface area (Å²) in [5.41, 5.74) is 0.491. The van der Waals surface area contributed by atoms with E-state index in [1.54, 1.807) is 0 Å². The van der Waals surface area contributed by atoms with Crippen molar-refractivity contribution in [3.05, 3.63) is 12.2 Å². The van der Waals surface area contributed by atoms with Crippen molar-refractivity contribution in [3.8, 4) is 0 Å². The number of cyclic esters (lactones) is 1. The summed E-state index contributed by atoms with van der Waals surface area (Å²) in [7, 11) is 0. The molecule has 78 valence electrons. The maximum Gasteiger partial charge on any atom is 0.416 e. The maximum absolute atomic E-state index is 11.6. The average molecular weight is 197 g/mol. The zero-order chi connectivity index (χ0) is 10.6. The number of carbonyl (C=O) groups excluding carboxylic acids is 2. The van der Waals surface area contributed by atoms with Crippen LogP contribution in [0.3, 0.4) is 0 Å². The lowest BCUT2D eigenvalue weighted by Gasteiger charge is -2.11. The van der Waals surface area contributed by atoms with Gasteiger partial charge >= 0.3 is 6.09 Å². The van der Waals surface area contributed by atoms with Crippen LogP contribution in [0, 0.1) is 0 Å². The molecule has 0 saturated carbocycles. The van der Waals surface area contributed by atoms with Crippen LogP contribution < -0.4 is 0 Å². The summed E-state index contributed by atoms with van der Waals surface area (Å²) in [5.74, 6) is -0.291. The van der Waals surface area contributed by atoms with Crippen molar-refractivity contribution in [1.29, 1.82) is 0 Å². The van der Waals surface area contributed by atoms with Crippen molar-refractivity contribution < 1.29 is 14.3 Å². The Kier molecular flexibility index (Phi) is 3.68. The van der Waals surface area contributed by atoms with Gasteiger partial charge in [-0.2, -0.15) is 0 Å². The van der Waals surface area contributed by atoms with Gasteiger partial charge in [0.1, 0.15) is 6.61 Å². The Bertz CT molecular complexity index is 260. The van der Waals surface area contributed by atoms with E-state index in [2.05, 4.69) is 11.3 Å². The highest BCUT2D eigenvalue weighted by atomic mass is 16.6. The molecule has 0 N–H and O–H groups in total. The van der Waals surface area contributed by atoms with E-state index in [0.717, 1.165) is 17.7 Å². The fraction of sp³-hybridized carbons (Fsp3) is 0.600. The summed E-state index contributed by atoms with van der Waals surface area (Å²) in [5, 5.41) is 0. The summed E-state index contributed by atoms with van der Waals surface area (Å²) >= 11 is 0. The highest BCUT2D eigenvalue weighted by Crippen LogP contribution is 2.12. The van der Waals surface area contributed by atoms with Crippen LogP contribution in [-0.4, -0.2) is 30.1 Å². The summed E-state index contributed by atoms with van der Waals surface area (Å²) in [6.45, 7) is 6.36. The molecule has 0 atom stereocenters.